The van der Waals surface area contributed by atoms with Gasteiger partial charge < -0.3 is 10.2 Å². The van der Waals surface area contributed by atoms with Gasteiger partial charge in [-0.1, -0.05) is 18.2 Å². The van der Waals surface area contributed by atoms with E-state index in [-0.39, 0.29) is 4.21 Å². The molecule has 1 atom stereocenters. The summed E-state index contributed by atoms with van der Waals surface area (Å²) in [6.45, 7) is 2.49. The highest BCUT2D eigenvalue weighted by Crippen LogP contribution is 2.26. The van der Waals surface area contributed by atoms with Crippen molar-refractivity contribution in [3.8, 4) is 0 Å². The molecule has 6 nitrogen and oxygen atoms in total. The Morgan fingerprint density at radius 2 is 2.11 bits per heavy atom. The predicted molar refractivity (Wildman–Crippen MR) is 113 cm³/mol. The molecule has 1 aliphatic rings. The van der Waals surface area contributed by atoms with E-state index in [4.69, 9.17) is 5.14 Å². The normalized spacial score (nSPS) is 18.1. The summed E-state index contributed by atoms with van der Waals surface area (Å²) < 4.78 is 23.0. The number of thioether (sulfide) groups is 1. The summed E-state index contributed by atoms with van der Waals surface area (Å²) in [5, 5.41) is 8.50. The van der Waals surface area contributed by atoms with Crippen molar-refractivity contribution in [2.24, 2.45) is 16.0 Å². The van der Waals surface area contributed by atoms with Gasteiger partial charge >= 0.3 is 0 Å². The molecule has 0 amide bonds. The maximum absolute atomic E-state index is 11.4. The van der Waals surface area contributed by atoms with Crippen LogP contribution in [0, 0.1) is 5.92 Å². The Balaban J connectivity index is 1.49. The van der Waals surface area contributed by atoms with Gasteiger partial charge in [0, 0.05) is 35.7 Å². The lowest BCUT2D eigenvalue weighted by Crippen LogP contribution is -2.39. The molecule has 27 heavy (non-hydrogen) atoms. The molecule has 0 bridgehead atoms. The van der Waals surface area contributed by atoms with Crippen molar-refractivity contribution < 1.29 is 8.42 Å². The van der Waals surface area contributed by atoms with Crippen LogP contribution in [0.15, 0.2) is 56.6 Å². The van der Waals surface area contributed by atoms with E-state index in [0.717, 1.165) is 36.1 Å². The summed E-state index contributed by atoms with van der Waals surface area (Å²) in [7, 11) is -1.85. The first-order valence-electron chi connectivity index (χ1n) is 8.70. The first-order chi connectivity index (χ1) is 13.0. The van der Waals surface area contributed by atoms with Crippen LogP contribution in [-0.4, -0.2) is 45.2 Å². The van der Waals surface area contributed by atoms with E-state index in [1.54, 1.807) is 19.2 Å². The van der Waals surface area contributed by atoms with Crippen molar-refractivity contribution >= 4 is 39.1 Å². The van der Waals surface area contributed by atoms with Crippen LogP contribution in [0.3, 0.4) is 0 Å². The van der Waals surface area contributed by atoms with E-state index in [2.05, 4.69) is 39.5 Å². The number of guanidine groups is 1. The number of likely N-dealkylation sites (tertiary alicyclic amines) is 1. The number of hydrogen-bond acceptors (Lipinski definition) is 5. The van der Waals surface area contributed by atoms with E-state index in [1.807, 2.05) is 17.8 Å². The van der Waals surface area contributed by atoms with E-state index in [9.17, 15) is 8.42 Å². The highest BCUT2D eigenvalue weighted by atomic mass is 32.2. The number of nitrogens with zero attached hydrogens (tertiary/aromatic N) is 2. The van der Waals surface area contributed by atoms with Gasteiger partial charge in [0.1, 0.15) is 4.21 Å². The first-order valence-corrected chi connectivity index (χ1v) is 12.1. The molecule has 2 heterocycles. The Kier molecular flexibility index (Phi) is 6.80. The van der Waals surface area contributed by atoms with Gasteiger partial charge in [-0.05, 0) is 36.6 Å². The van der Waals surface area contributed by atoms with Crippen molar-refractivity contribution in [1.82, 2.24) is 10.2 Å². The molecule has 9 heteroatoms. The third-order valence-corrected chi connectivity index (χ3v) is 8.13. The lowest BCUT2D eigenvalue weighted by atomic mass is 10.2. The number of primary sulfonamides is 1. The van der Waals surface area contributed by atoms with Crippen LogP contribution in [0.25, 0.3) is 0 Å². The quantitative estimate of drug-likeness (QED) is 0.423. The van der Waals surface area contributed by atoms with Gasteiger partial charge in [-0.15, -0.1) is 23.1 Å². The number of nitrogens with two attached hydrogens (primary N) is 1. The zero-order valence-corrected chi connectivity index (χ0v) is 17.6. The van der Waals surface area contributed by atoms with Crippen molar-refractivity contribution in [3.05, 3.63) is 47.3 Å². The van der Waals surface area contributed by atoms with Gasteiger partial charge in [0.15, 0.2) is 5.96 Å². The van der Waals surface area contributed by atoms with Crippen LogP contribution >= 0.6 is 23.1 Å². The van der Waals surface area contributed by atoms with Gasteiger partial charge in [0.25, 0.3) is 0 Å². The highest BCUT2D eigenvalue weighted by molar-refractivity contribution is 7.99. The lowest BCUT2D eigenvalue weighted by Gasteiger charge is -2.21. The van der Waals surface area contributed by atoms with Crippen molar-refractivity contribution in [2.75, 3.05) is 25.9 Å². The number of hydrogen-bond donors (Lipinski definition) is 2. The van der Waals surface area contributed by atoms with Crippen LogP contribution in [0.4, 0.5) is 0 Å². The zero-order chi connectivity index (χ0) is 19.3. The molecular formula is C18H24N4O2S3. The first kappa shape index (κ1) is 20.2. The number of nitrogens with one attached hydrogen (secondary N) is 1. The average Bonchev–Trinajstić information content (AvgIpc) is 3.31. The SMILES string of the molecule is CN=C(NCc1ccc(S(N)(=O)=O)s1)N1CCC(CSc2ccccc2)C1. The standard InChI is InChI=1S/C18H24N4O2S3/c1-20-18(21-11-16-7-8-17(26-16)27(19,23)24)22-10-9-14(12-22)13-25-15-5-3-2-4-6-15/h2-8,14H,9-13H2,1H3,(H,20,21)(H2,19,23,24). The summed E-state index contributed by atoms with van der Waals surface area (Å²) in [5.41, 5.74) is 0. The smallest absolute Gasteiger partial charge is 0.247 e. The van der Waals surface area contributed by atoms with Crippen molar-refractivity contribution in [2.45, 2.75) is 22.1 Å². The predicted octanol–water partition coefficient (Wildman–Crippen LogP) is 2.59. The molecule has 1 saturated heterocycles. The minimum Gasteiger partial charge on any atom is -0.351 e. The summed E-state index contributed by atoms with van der Waals surface area (Å²) in [4.78, 5) is 8.87. The van der Waals surface area contributed by atoms with E-state index in [0.29, 0.717) is 12.5 Å². The minimum absolute atomic E-state index is 0.188. The van der Waals surface area contributed by atoms with Gasteiger partial charge in [0.05, 0.1) is 6.54 Å². The molecular weight excluding hydrogens is 400 g/mol. The number of rotatable bonds is 6. The third-order valence-electron chi connectivity index (χ3n) is 4.36. The van der Waals surface area contributed by atoms with Crippen LogP contribution in [0.1, 0.15) is 11.3 Å². The monoisotopic (exact) mass is 424 g/mol. The van der Waals surface area contributed by atoms with Gasteiger partial charge in [-0.3, -0.25) is 4.99 Å². The fourth-order valence-corrected chi connectivity index (χ4v) is 5.76. The van der Waals surface area contributed by atoms with Crippen LogP contribution in [0.2, 0.25) is 0 Å². The summed E-state index contributed by atoms with van der Waals surface area (Å²) in [6.07, 6.45) is 1.15. The minimum atomic E-state index is -3.63. The van der Waals surface area contributed by atoms with Crippen molar-refractivity contribution in [3.63, 3.8) is 0 Å². The molecule has 0 saturated carbocycles. The number of benzene rings is 1. The molecule has 2 aromatic rings. The molecule has 146 valence electrons. The highest BCUT2D eigenvalue weighted by Gasteiger charge is 2.25. The zero-order valence-electron chi connectivity index (χ0n) is 15.2. The Labute approximate surface area is 168 Å². The maximum atomic E-state index is 11.4. The fraction of sp³-hybridized carbons (Fsp3) is 0.389. The van der Waals surface area contributed by atoms with Gasteiger partial charge in [0.2, 0.25) is 10.0 Å². The second kappa shape index (κ2) is 9.09. The molecule has 3 N–H and O–H groups in total. The topological polar surface area (TPSA) is 87.8 Å². The largest absolute Gasteiger partial charge is 0.351 e. The molecule has 0 radical (unpaired) electrons. The molecule has 0 spiro atoms. The molecule has 1 aliphatic heterocycles. The van der Waals surface area contributed by atoms with Gasteiger partial charge in [-0.25, -0.2) is 13.6 Å². The average molecular weight is 425 g/mol. The molecule has 1 aromatic heterocycles. The van der Waals surface area contributed by atoms with Crippen LogP contribution in [-0.2, 0) is 16.6 Å². The van der Waals surface area contributed by atoms with Crippen LogP contribution < -0.4 is 10.5 Å². The van der Waals surface area contributed by atoms with Gasteiger partial charge in [-0.2, -0.15) is 0 Å². The summed E-state index contributed by atoms with van der Waals surface area (Å²) >= 11 is 3.09. The second-order valence-electron chi connectivity index (χ2n) is 6.39. The van der Waals surface area contributed by atoms with Crippen LogP contribution in [0.5, 0.6) is 0 Å². The van der Waals surface area contributed by atoms with E-state index in [1.165, 1.54) is 16.2 Å². The summed E-state index contributed by atoms with van der Waals surface area (Å²) in [5.74, 6) is 2.58. The number of sulfonamides is 1. The van der Waals surface area contributed by atoms with E-state index < -0.39 is 10.0 Å². The maximum Gasteiger partial charge on any atom is 0.247 e. The second-order valence-corrected chi connectivity index (χ2v) is 10.4. The third kappa shape index (κ3) is 5.71. The Morgan fingerprint density at radius 3 is 2.78 bits per heavy atom. The summed E-state index contributed by atoms with van der Waals surface area (Å²) in [6, 6.07) is 13.8. The van der Waals surface area contributed by atoms with E-state index >= 15 is 0 Å². The molecule has 1 fully saturated rings. The lowest BCUT2D eigenvalue weighted by molar-refractivity contribution is 0.474. The molecule has 3 rings (SSSR count). The number of thiophene rings is 1. The Hall–Kier alpha value is -1.55. The molecule has 1 unspecified atom stereocenters. The molecule has 1 aromatic carbocycles. The Morgan fingerprint density at radius 1 is 1.33 bits per heavy atom. The number of aliphatic imine (C=N–C) groups is 1. The van der Waals surface area contributed by atoms with Crippen molar-refractivity contribution in [1.29, 1.82) is 0 Å². The fourth-order valence-electron chi connectivity index (χ4n) is 3.00. The Bertz CT molecular complexity index is 881. The molecule has 0 aliphatic carbocycles.